The molecule has 76 valence electrons. The number of rotatable bonds is 3. The van der Waals surface area contributed by atoms with Crippen LogP contribution in [0, 0.1) is 6.92 Å². The van der Waals surface area contributed by atoms with Gasteiger partial charge in [0.15, 0.2) is 0 Å². The molecular formula is C9H11BrN2O2. The number of esters is 1. The quantitative estimate of drug-likeness (QED) is 0.614. The van der Waals surface area contributed by atoms with Crippen molar-refractivity contribution in [3.05, 3.63) is 23.3 Å². The molecular weight excluding hydrogens is 248 g/mol. The zero-order valence-electron chi connectivity index (χ0n) is 8.08. The predicted octanol–water partition coefficient (Wildman–Crippen LogP) is 1.86. The van der Waals surface area contributed by atoms with E-state index in [0.717, 1.165) is 0 Å². The fourth-order valence-electron chi connectivity index (χ4n) is 0.989. The predicted molar refractivity (Wildman–Crippen MR) is 55.4 cm³/mol. The number of alkyl halides is 1. The van der Waals surface area contributed by atoms with E-state index in [1.54, 1.807) is 13.8 Å². The molecule has 0 N–H and O–H groups in total. The standard InChI is InChI=1S/C9H11BrN2O2/c1-3-14-9(13)7-5-11-8(4-10)12-6(7)2/h5H,3-4H2,1-2H3. The molecule has 0 amide bonds. The van der Waals surface area contributed by atoms with Crippen LogP contribution in [0.15, 0.2) is 6.20 Å². The third kappa shape index (κ3) is 2.51. The molecule has 0 aliphatic rings. The van der Waals surface area contributed by atoms with Crippen LogP contribution < -0.4 is 0 Å². The molecule has 0 atom stereocenters. The van der Waals surface area contributed by atoms with Crippen LogP contribution >= 0.6 is 15.9 Å². The molecule has 1 aromatic rings. The number of nitrogens with zero attached hydrogens (tertiary/aromatic N) is 2. The van der Waals surface area contributed by atoms with Crippen LogP contribution in [-0.2, 0) is 10.1 Å². The van der Waals surface area contributed by atoms with Crippen LogP contribution in [0.1, 0.15) is 28.8 Å². The number of hydrogen-bond donors (Lipinski definition) is 0. The van der Waals surface area contributed by atoms with Gasteiger partial charge in [0.2, 0.25) is 0 Å². The van der Waals surface area contributed by atoms with Crippen molar-refractivity contribution in [3.63, 3.8) is 0 Å². The Morgan fingerprint density at radius 2 is 2.36 bits per heavy atom. The first-order valence-electron chi connectivity index (χ1n) is 4.24. The zero-order valence-corrected chi connectivity index (χ0v) is 9.67. The maximum Gasteiger partial charge on any atom is 0.341 e. The van der Waals surface area contributed by atoms with E-state index in [1.165, 1.54) is 6.20 Å². The van der Waals surface area contributed by atoms with Gasteiger partial charge >= 0.3 is 5.97 Å². The van der Waals surface area contributed by atoms with Crippen LogP contribution in [0.3, 0.4) is 0 Å². The molecule has 0 radical (unpaired) electrons. The lowest BCUT2D eigenvalue weighted by molar-refractivity contribution is 0.0524. The first-order valence-corrected chi connectivity index (χ1v) is 5.36. The van der Waals surface area contributed by atoms with Gasteiger partial charge in [-0.2, -0.15) is 0 Å². The Hall–Kier alpha value is -0.970. The van der Waals surface area contributed by atoms with E-state index in [4.69, 9.17) is 4.74 Å². The molecule has 0 bridgehead atoms. The third-order valence-corrected chi connectivity index (χ3v) is 2.15. The van der Waals surface area contributed by atoms with Crippen molar-refractivity contribution < 1.29 is 9.53 Å². The van der Waals surface area contributed by atoms with Crippen molar-refractivity contribution in [1.82, 2.24) is 9.97 Å². The minimum Gasteiger partial charge on any atom is -0.462 e. The number of hydrogen-bond acceptors (Lipinski definition) is 4. The van der Waals surface area contributed by atoms with Gasteiger partial charge in [-0.25, -0.2) is 14.8 Å². The number of carbonyl (C=O) groups is 1. The summed E-state index contributed by atoms with van der Waals surface area (Å²) in [7, 11) is 0. The van der Waals surface area contributed by atoms with Crippen LogP contribution in [0.5, 0.6) is 0 Å². The minimum atomic E-state index is -0.369. The fourth-order valence-corrected chi connectivity index (χ4v) is 1.26. The second-order valence-corrected chi connectivity index (χ2v) is 3.20. The maximum absolute atomic E-state index is 11.4. The SMILES string of the molecule is CCOC(=O)c1cnc(CBr)nc1C. The summed E-state index contributed by atoms with van der Waals surface area (Å²) in [5.74, 6) is 0.293. The summed E-state index contributed by atoms with van der Waals surface area (Å²) < 4.78 is 4.85. The molecule has 0 aliphatic heterocycles. The highest BCUT2D eigenvalue weighted by Gasteiger charge is 2.11. The number of halogens is 1. The normalized spacial score (nSPS) is 9.93. The molecule has 0 aliphatic carbocycles. The Labute approximate surface area is 90.8 Å². The Balaban J connectivity index is 2.94. The highest BCUT2D eigenvalue weighted by molar-refractivity contribution is 9.08. The Bertz CT molecular complexity index is 342. The molecule has 0 fully saturated rings. The second kappa shape index (κ2) is 5.05. The number of ether oxygens (including phenoxy) is 1. The molecule has 0 spiro atoms. The van der Waals surface area contributed by atoms with Crippen molar-refractivity contribution in [2.75, 3.05) is 6.61 Å². The number of aromatic nitrogens is 2. The van der Waals surface area contributed by atoms with E-state index in [1.807, 2.05) is 0 Å². The Morgan fingerprint density at radius 3 is 2.86 bits per heavy atom. The van der Waals surface area contributed by atoms with Crippen LogP contribution in [0.4, 0.5) is 0 Å². The second-order valence-electron chi connectivity index (χ2n) is 2.64. The third-order valence-electron chi connectivity index (χ3n) is 1.64. The van der Waals surface area contributed by atoms with E-state index in [2.05, 4.69) is 25.9 Å². The molecule has 1 rings (SSSR count). The van der Waals surface area contributed by atoms with E-state index >= 15 is 0 Å². The number of carbonyl (C=O) groups excluding carboxylic acids is 1. The van der Waals surface area contributed by atoms with Gasteiger partial charge in [-0.1, -0.05) is 15.9 Å². The lowest BCUT2D eigenvalue weighted by atomic mass is 10.2. The molecule has 1 heterocycles. The lowest BCUT2D eigenvalue weighted by Crippen LogP contribution is -2.09. The maximum atomic E-state index is 11.4. The number of aryl methyl sites for hydroxylation is 1. The smallest absolute Gasteiger partial charge is 0.341 e. The van der Waals surface area contributed by atoms with Gasteiger partial charge in [0, 0.05) is 6.20 Å². The van der Waals surface area contributed by atoms with Gasteiger partial charge in [-0.3, -0.25) is 0 Å². The van der Waals surface area contributed by atoms with E-state index in [-0.39, 0.29) is 5.97 Å². The Kier molecular flexibility index (Phi) is 4.00. The van der Waals surface area contributed by atoms with Crippen LogP contribution in [-0.4, -0.2) is 22.5 Å². The minimum absolute atomic E-state index is 0.360. The molecule has 5 heteroatoms. The van der Waals surface area contributed by atoms with E-state index < -0.39 is 0 Å². The van der Waals surface area contributed by atoms with Crippen molar-refractivity contribution in [1.29, 1.82) is 0 Å². The summed E-state index contributed by atoms with van der Waals surface area (Å²) in [5.41, 5.74) is 1.07. The zero-order chi connectivity index (χ0) is 10.6. The first-order chi connectivity index (χ1) is 6.69. The summed E-state index contributed by atoms with van der Waals surface area (Å²) >= 11 is 3.24. The molecule has 0 unspecified atom stereocenters. The summed E-state index contributed by atoms with van der Waals surface area (Å²) in [5, 5.41) is 0.580. The average Bonchev–Trinajstić information content (AvgIpc) is 2.17. The largest absolute Gasteiger partial charge is 0.462 e. The van der Waals surface area contributed by atoms with Crippen LogP contribution in [0.2, 0.25) is 0 Å². The van der Waals surface area contributed by atoms with Gasteiger partial charge in [-0.05, 0) is 13.8 Å². The highest BCUT2D eigenvalue weighted by atomic mass is 79.9. The van der Waals surface area contributed by atoms with Crippen molar-refractivity contribution in [2.45, 2.75) is 19.2 Å². The van der Waals surface area contributed by atoms with Gasteiger partial charge in [0.05, 0.1) is 23.2 Å². The van der Waals surface area contributed by atoms with E-state index in [0.29, 0.717) is 29.0 Å². The van der Waals surface area contributed by atoms with Gasteiger partial charge in [0.1, 0.15) is 5.82 Å². The van der Waals surface area contributed by atoms with Gasteiger partial charge in [0.25, 0.3) is 0 Å². The van der Waals surface area contributed by atoms with E-state index in [9.17, 15) is 4.79 Å². The van der Waals surface area contributed by atoms with Gasteiger partial charge < -0.3 is 4.74 Å². The first kappa shape index (κ1) is 11.1. The fraction of sp³-hybridized carbons (Fsp3) is 0.444. The topological polar surface area (TPSA) is 52.1 Å². The summed E-state index contributed by atoms with van der Waals surface area (Å²) in [6, 6.07) is 0. The monoisotopic (exact) mass is 258 g/mol. The average molecular weight is 259 g/mol. The molecule has 4 nitrogen and oxygen atoms in total. The summed E-state index contributed by atoms with van der Waals surface area (Å²) in [4.78, 5) is 19.5. The summed E-state index contributed by atoms with van der Waals surface area (Å²) in [6.45, 7) is 3.89. The molecule has 0 aromatic carbocycles. The lowest BCUT2D eigenvalue weighted by Gasteiger charge is -2.04. The van der Waals surface area contributed by atoms with Crippen molar-refractivity contribution in [3.8, 4) is 0 Å². The van der Waals surface area contributed by atoms with Crippen LogP contribution in [0.25, 0.3) is 0 Å². The van der Waals surface area contributed by atoms with Gasteiger partial charge in [-0.15, -0.1) is 0 Å². The highest BCUT2D eigenvalue weighted by Crippen LogP contribution is 2.07. The molecule has 0 saturated carbocycles. The molecule has 14 heavy (non-hydrogen) atoms. The molecule has 1 aromatic heterocycles. The van der Waals surface area contributed by atoms with Crippen molar-refractivity contribution >= 4 is 21.9 Å². The Morgan fingerprint density at radius 1 is 1.64 bits per heavy atom. The summed E-state index contributed by atoms with van der Waals surface area (Å²) in [6.07, 6.45) is 1.50. The van der Waals surface area contributed by atoms with Crippen molar-refractivity contribution in [2.24, 2.45) is 0 Å². The molecule has 0 saturated heterocycles.